The van der Waals surface area contributed by atoms with Gasteiger partial charge in [-0.25, -0.2) is 0 Å². The number of nitrogens with one attached hydrogen (secondary N) is 1. The molecular formula is C16H24F2N2O2. The number of piperidine rings is 1. The van der Waals surface area contributed by atoms with Gasteiger partial charge >= 0.3 is 6.61 Å². The highest BCUT2D eigenvalue weighted by Crippen LogP contribution is 2.23. The first kappa shape index (κ1) is 17.1. The lowest BCUT2D eigenvalue weighted by Crippen LogP contribution is -2.43. The van der Waals surface area contributed by atoms with Gasteiger partial charge < -0.3 is 14.8 Å². The molecule has 1 aliphatic rings. The zero-order chi connectivity index (χ0) is 15.8. The first-order valence-corrected chi connectivity index (χ1v) is 7.66. The zero-order valence-corrected chi connectivity index (χ0v) is 12.9. The van der Waals surface area contributed by atoms with E-state index in [0.29, 0.717) is 12.6 Å². The molecule has 1 aromatic carbocycles. The van der Waals surface area contributed by atoms with Gasteiger partial charge in [0.25, 0.3) is 0 Å². The van der Waals surface area contributed by atoms with Crippen molar-refractivity contribution in [2.45, 2.75) is 32.0 Å². The highest BCUT2D eigenvalue weighted by Gasteiger charge is 2.20. The van der Waals surface area contributed by atoms with Gasteiger partial charge in [-0.05, 0) is 32.0 Å². The number of para-hydroxylation sites is 1. The molecule has 124 valence electrons. The number of benzene rings is 1. The van der Waals surface area contributed by atoms with Crippen LogP contribution in [0.3, 0.4) is 0 Å². The molecule has 1 N–H and O–H groups in total. The third kappa shape index (κ3) is 5.51. The minimum atomic E-state index is -2.78. The van der Waals surface area contributed by atoms with E-state index in [0.717, 1.165) is 44.6 Å². The maximum Gasteiger partial charge on any atom is 0.387 e. The van der Waals surface area contributed by atoms with Crippen molar-refractivity contribution >= 4 is 0 Å². The molecule has 0 unspecified atom stereocenters. The molecule has 1 fully saturated rings. The van der Waals surface area contributed by atoms with Crippen molar-refractivity contribution < 1.29 is 18.3 Å². The molecule has 0 aliphatic carbocycles. The molecular weight excluding hydrogens is 290 g/mol. The summed E-state index contributed by atoms with van der Waals surface area (Å²) in [6.07, 6.45) is 2.11. The normalized spacial score (nSPS) is 17.1. The summed E-state index contributed by atoms with van der Waals surface area (Å²) >= 11 is 0. The van der Waals surface area contributed by atoms with Crippen molar-refractivity contribution in [3.05, 3.63) is 29.8 Å². The predicted molar refractivity (Wildman–Crippen MR) is 81.3 cm³/mol. The molecule has 0 saturated carbocycles. The third-order valence-corrected chi connectivity index (χ3v) is 3.91. The highest BCUT2D eigenvalue weighted by atomic mass is 19.3. The van der Waals surface area contributed by atoms with Crippen molar-refractivity contribution in [1.29, 1.82) is 0 Å². The van der Waals surface area contributed by atoms with E-state index < -0.39 is 6.61 Å². The Kier molecular flexibility index (Phi) is 7.02. The number of alkyl halides is 2. The molecule has 0 spiro atoms. The van der Waals surface area contributed by atoms with E-state index in [-0.39, 0.29) is 5.75 Å². The van der Waals surface area contributed by atoms with E-state index in [4.69, 9.17) is 4.74 Å². The second-order valence-electron chi connectivity index (χ2n) is 5.48. The summed E-state index contributed by atoms with van der Waals surface area (Å²) in [7, 11) is 1.70. The van der Waals surface area contributed by atoms with Gasteiger partial charge in [0.1, 0.15) is 5.75 Å². The fraction of sp³-hybridized carbons (Fsp3) is 0.625. The van der Waals surface area contributed by atoms with Gasteiger partial charge in [0.2, 0.25) is 0 Å². The molecule has 1 heterocycles. The maximum absolute atomic E-state index is 12.4. The van der Waals surface area contributed by atoms with E-state index in [2.05, 4.69) is 15.0 Å². The maximum atomic E-state index is 12.4. The summed E-state index contributed by atoms with van der Waals surface area (Å²) in [4.78, 5) is 2.28. The molecule has 0 amide bonds. The molecule has 4 nitrogen and oxygen atoms in total. The first-order chi connectivity index (χ1) is 10.7. The van der Waals surface area contributed by atoms with Gasteiger partial charge in [0.05, 0.1) is 6.61 Å². The monoisotopic (exact) mass is 314 g/mol. The minimum absolute atomic E-state index is 0.276. The van der Waals surface area contributed by atoms with Crippen molar-refractivity contribution in [2.75, 3.05) is 33.4 Å². The third-order valence-electron chi connectivity index (χ3n) is 3.91. The lowest BCUT2D eigenvalue weighted by atomic mass is 10.0. The Morgan fingerprint density at radius 1 is 1.27 bits per heavy atom. The van der Waals surface area contributed by atoms with Crippen molar-refractivity contribution in [3.63, 3.8) is 0 Å². The summed E-state index contributed by atoms with van der Waals surface area (Å²) in [5, 5.41) is 3.47. The molecule has 6 heteroatoms. The van der Waals surface area contributed by atoms with Crippen LogP contribution in [0.15, 0.2) is 24.3 Å². The number of nitrogens with zero attached hydrogens (tertiary/aromatic N) is 1. The Morgan fingerprint density at radius 3 is 2.68 bits per heavy atom. The number of hydrogen-bond acceptors (Lipinski definition) is 4. The lowest BCUT2D eigenvalue weighted by Gasteiger charge is -2.32. The van der Waals surface area contributed by atoms with Crippen LogP contribution in [0.1, 0.15) is 18.4 Å². The van der Waals surface area contributed by atoms with Gasteiger partial charge in [-0.2, -0.15) is 8.78 Å². The van der Waals surface area contributed by atoms with Gasteiger partial charge in [-0.1, -0.05) is 18.2 Å². The molecule has 1 aromatic rings. The number of methoxy groups -OCH3 is 1. The number of ether oxygens (including phenoxy) is 2. The smallest absolute Gasteiger partial charge is 0.387 e. The highest BCUT2D eigenvalue weighted by molar-refractivity contribution is 5.33. The van der Waals surface area contributed by atoms with Crippen molar-refractivity contribution in [2.24, 2.45) is 0 Å². The molecule has 2 rings (SSSR count). The van der Waals surface area contributed by atoms with Crippen LogP contribution in [-0.4, -0.2) is 50.9 Å². The first-order valence-electron chi connectivity index (χ1n) is 7.66. The number of halogens is 2. The fourth-order valence-electron chi connectivity index (χ4n) is 2.75. The van der Waals surface area contributed by atoms with E-state index in [9.17, 15) is 8.78 Å². The second kappa shape index (κ2) is 9.02. The summed E-state index contributed by atoms with van der Waals surface area (Å²) in [6.45, 7) is 1.36. The van der Waals surface area contributed by atoms with Gasteiger partial charge in [-0.3, -0.25) is 4.90 Å². The molecule has 1 aliphatic heterocycles. The molecule has 1 saturated heterocycles. The Balaban J connectivity index is 1.81. The molecule has 0 aromatic heterocycles. The molecule has 0 atom stereocenters. The fourth-order valence-corrected chi connectivity index (χ4v) is 2.75. The van der Waals surface area contributed by atoms with Crippen LogP contribution in [0.4, 0.5) is 8.78 Å². The van der Waals surface area contributed by atoms with E-state index >= 15 is 0 Å². The topological polar surface area (TPSA) is 33.7 Å². The largest absolute Gasteiger partial charge is 0.434 e. The molecule has 22 heavy (non-hydrogen) atoms. The minimum Gasteiger partial charge on any atom is -0.434 e. The summed E-state index contributed by atoms with van der Waals surface area (Å²) in [6, 6.07) is 7.53. The van der Waals surface area contributed by atoms with Crippen LogP contribution in [-0.2, 0) is 11.3 Å². The van der Waals surface area contributed by atoms with Gasteiger partial charge in [0.15, 0.2) is 0 Å². The summed E-state index contributed by atoms with van der Waals surface area (Å²) in [5.74, 6) is 0.276. The Hall–Kier alpha value is -1.24. The Labute approximate surface area is 130 Å². The van der Waals surface area contributed by atoms with E-state index in [1.807, 2.05) is 12.1 Å². The summed E-state index contributed by atoms with van der Waals surface area (Å²) in [5.41, 5.74) is 0.814. The van der Waals surface area contributed by atoms with E-state index in [1.165, 1.54) is 0 Å². The summed E-state index contributed by atoms with van der Waals surface area (Å²) < 4.78 is 34.5. The van der Waals surface area contributed by atoms with Gasteiger partial charge in [-0.15, -0.1) is 0 Å². The number of hydrogen-bond donors (Lipinski definition) is 1. The quantitative estimate of drug-likeness (QED) is 0.748. The van der Waals surface area contributed by atoms with Crippen molar-refractivity contribution in [3.8, 4) is 5.75 Å². The van der Waals surface area contributed by atoms with Crippen molar-refractivity contribution in [1.82, 2.24) is 10.2 Å². The number of likely N-dealkylation sites (tertiary alicyclic amines) is 1. The average Bonchev–Trinajstić information content (AvgIpc) is 2.51. The lowest BCUT2D eigenvalue weighted by molar-refractivity contribution is -0.0508. The van der Waals surface area contributed by atoms with Crippen LogP contribution in [0.25, 0.3) is 0 Å². The SMILES string of the molecule is COCCNC1CCN(Cc2ccccc2OC(F)F)CC1. The zero-order valence-electron chi connectivity index (χ0n) is 12.9. The van der Waals surface area contributed by atoms with Gasteiger partial charge in [0, 0.05) is 31.8 Å². The van der Waals surface area contributed by atoms with Crippen LogP contribution in [0.5, 0.6) is 5.75 Å². The Bertz CT molecular complexity index is 438. The molecule has 0 radical (unpaired) electrons. The average molecular weight is 314 g/mol. The molecule has 0 bridgehead atoms. The van der Waals surface area contributed by atoms with E-state index in [1.54, 1.807) is 19.2 Å². The Morgan fingerprint density at radius 2 is 2.00 bits per heavy atom. The predicted octanol–water partition coefficient (Wildman–Crippen LogP) is 2.49. The second-order valence-corrected chi connectivity index (χ2v) is 5.48. The standard InChI is InChI=1S/C16H24F2N2O2/c1-21-11-8-19-14-6-9-20(10-7-14)12-13-4-2-3-5-15(13)22-16(17)18/h2-5,14,16,19H,6-12H2,1H3. The van der Waals surface area contributed by atoms with Crippen LogP contribution >= 0.6 is 0 Å². The van der Waals surface area contributed by atoms with Crippen LogP contribution in [0, 0.1) is 0 Å². The van der Waals surface area contributed by atoms with Crippen LogP contribution < -0.4 is 10.1 Å². The number of rotatable bonds is 8. The van der Waals surface area contributed by atoms with Crippen LogP contribution in [0.2, 0.25) is 0 Å².